The standard InChI is InChI=1S/C10H11NO/c1-3-9-6-4-5-7-10(9)12-8(2)11/h3-7,11H,1H2,2H3. The van der Waals surface area contributed by atoms with E-state index in [1.54, 1.807) is 13.0 Å². The molecule has 1 rings (SSSR count). The summed E-state index contributed by atoms with van der Waals surface area (Å²) >= 11 is 0. The first kappa shape index (κ1) is 8.53. The first-order valence-electron chi connectivity index (χ1n) is 3.68. The monoisotopic (exact) mass is 161 g/mol. The van der Waals surface area contributed by atoms with Gasteiger partial charge in [0.1, 0.15) is 5.75 Å². The summed E-state index contributed by atoms with van der Waals surface area (Å²) in [7, 11) is 0. The van der Waals surface area contributed by atoms with Gasteiger partial charge in [0.2, 0.25) is 0 Å². The minimum atomic E-state index is 0.185. The van der Waals surface area contributed by atoms with Crippen molar-refractivity contribution in [3.8, 4) is 5.75 Å². The Morgan fingerprint density at radius 2 is 2.17 bits per heavy atom. The van der Waals surface area contributed by atoms with Gasteiger partial charge in [0, 0.05) is 12.5 Å². The number of rotatable bonds is 2. The fourth-order valence-electron chi connectivity index (χ4n) is 0.907. The largest absolute Gasteiger partial charge is 0.443 e. The molecule has 1 aromatic rings. The Labute approximate surface area is 72.0 Å². The van der Waals surface area contributed by atoms with Gasteiger partial charge in [-0.2, -0.15) is 0 Å². The normalized spacial score (nSPS) is 9.08. The lowest BCUT2D eigenvalue weighted by Gasteiger charge is -2.05. The van der Waals surface area contributed by atoms with Crippen LogP contribution in [0.3, 0.4) is 0 Å². The second-order valence-corrected chi connectivity index (χ2v) is 2.40. The fraction of sp³-hybridized carbons (Fsp3) is 0.100. The maximum atomic E-state index is 7.15. The molecule has 0 bridgehead atoms. The molecule has 0 spiro atoms. The Hall–Kier alpha value is -1.57. The molecule has 0 unspecified atom stereocenters. The van der Waals surface area contributed by atoms with Gasteiger partial charge in [-0.1, -0.05) is 30.9 Å². The maximum absolute atomic E-state index is 7.15. The highest BCUT2D eigenvalue weighted by Gasteiger charge is 1.98. The molecule has 1 aromatic carbocycles. The van der Waals surface area contributed by atoms with E-state index in [2.05, 4.69) is 6.58 Å². The molecule has 0 fully saturated rings. The van der Waals surface area contributed by atoms with Crippen molar-refractivity contribution in [2.75, 3.05) is 0 Å². The molecular weight excluding hydrogens is 150 g/mol. The van der Waals surface area contributed by atoms with E-state index in [9.17, 15) is 0 Å². The predicted octanol–water partition coefficient (Wildman–Crippen LogP) is 2.71. The highest BCUT2D eigenvalue weighted by molar-refractivity contribution is 5.74. The van der Waals surface area contributed by atoms with Crippen LogP contribution in [0.15, 0.2) is 30.8 Å². The Kier molecular flexibility index (Phi) is 2.64. The predicted molar refractivity (Wildman–Crippen MR) is 50.6 cm³/mol. The van der Waals surface area contributed by atoms with Crippen LogP contribution < -0.4 is 4.74 Å². The van der Waals surface area contributed by atoms with E-state index < -0.39 is 0 Å². The summed E-state index contributed by atoms with van der Waals surface area (Å²) in [4.78, 5) is 0. The lowest BCUT2D eigenvalue weighted by atomic mass is 10.2. The van der Waals surface area contributed by atoms with Crippen LogP contribution in [0.2, 0.25) is 0 Å². The quantitative estimate of drug-likeness (QED) is 0.525. The molecule has 0 aliphatic rings. The van der Waals surface area contributed by atoms with Crippen molar-refractivity contribution >= 4 is 12.0 Å². The van der Waals surface area contributed by atoms with Crippen molar-refractivity contribution in [2.24, 2.45) is 0 Å². The third-order valence-electron chi connectivity index (χ3n) is 1.40. The van der Waals surface area contributed by atoms with Crippen molar-refractivity contribution in [3.63, 3.8) is 0 Å². The van der Waals surface area contributed by atoms with Crippen LogP contribution in [0.25, 0.3) is 6.08 Å². The van der Waals surface area contributed by atoms with E-state index in [1.807, 2.05) is 24.3 Å². The Morgan fingerprint density at radius 3 is 2.75 bits per heavy atom. The minimum absolute atomic E-state index is 0.185. The average molecular weight is 161 g/mol. The second-order valence-electron chi connectivity index (χ2n) is 2.40. The van der Waals surface area contributed by atoms with Gasteiger partial charge in [-0.25, -0.2) is 0 Å². The molecule has 1 N–H and O–H groups in total. The van der Waals surface area contributed by atoms with E-state index in [0.717, 1.165) is 5.56 Å². The topological polar surface area (TPSA) is 33.1 Å². The molecule has 62 valence electrons. The van der Waals surface area contributed by atoms with Gasteiger partial charge in [0.25, 0.3) is 0 Å². The van der Waals surface area contributed by atoms with Crippen LogP contribution in [-0.4, -0.2) is 5.90 Å². The van der Waals surface area contributed by atoms with E-state index in [4.69, 9.17) is 10.1 Å². The summed E-state index contributed by atoms with van der Waals surface area (Å²) in [5, 5.41) is 7.15. The van der Waals surface area contributed by atoms with Crippen LogP contribution in [-0.2, 0) is 0 Å². The molecule has 0 aromatic heterocycles. The lowest BCUT2D eigenvalue weighted by Crippen LogP contribution is -2.01. The van der Waals surface area contributed by atoms with E-state index in [1.165, 1.54) is 0 Å². The van der Waals surface area contributed by atoms with Gasteiger partial charge >= 0.3 is 0 Å². The molecule has 2 nitrogen and oxygen atoms in total. The van der Waals surface area contributed by atoms with Gasteiger partial charge in [0.05, 0.1) is 0 Å². The summed E-state index contributed by atoms with van der Waals surface area (Å²) in [6.45, 7) is 5.25. The van der Waals surface area contributed by atoms with Crippen LogP contribution >= 0.6 is 0 Å². The zero-order valence-corrected chi connectivity index (χ0v) is 7.00. The zero-order chi connectivity index (χ0) is 8.97. The van der Waals surface area contributed by atoms with Crippen molar-refractivity contribution < 1.29 is 4.74 Å². The number of hydrogen-bond acceptors (Lipinski definition) is 2. The molecule has 0 aliphatic carbocycles. The van der Waals surface area contributed by atoms with Gasteiger partial charge in [-0.3, -0.25) is 5.41 Å². The fourth-order valence-corrected chi connectivity index (χ4v) is 0.907. The van der Waals surface area contributed by atoms with Crippen molar-refractivity contribution in [1.82, 2.24) is 0 Å². The molecule has 0 atom stereocenters. The molecule has 0 saturated heterocycles. The SMILES string of the molecule is C=Cc1ccccc1OC(C)=N. The van der Waals surface area contributed by atoms with E-state index in [0.29, 0.717) is 5.75 Å². The second kappa shape index (κ2) is 3.72. The molecule has 0 saturated carbocycles. The summed E-state index contributed by atoms with van der Waals surface area (Å²) in [6.07, 6.45) is 1.71. The number of ether oxygens (including phenoxy) is 1. The third-order valence-corrected chi connectivity index (χ3v) is 1.40. The van der Waals surface area contributed by atoms with Crippen molar-refractivity contribution in [1.29, 1.82) is 5.41 Å². The highest BCUT2D eigenvalue weighted by Crippen LogP contribution is 2.18. The van der Waals surface area contributed by atoms with Crippen molar-refractivity contribution in [3.05, 3.63) is 36.4 Å². The minimum Gasteiger partial charge on any atom is -0.443 e. The van der Waals surface area contributed by atoms with Gasteiger partial charge in [-0.05, 0) is 6.07 Å². The Morgan fingerprint density at radius 1 is 1.50 bits per heavy atom. The van der Waals surface area contributed by atoms with Crippen LogP contribution in [0, 0.1) is 5.41 Å². The van der Waals surface area contributed by atoms with Crippen LogP contribution in [0.4, 0.5) is 0 Å². The lowest BCUT2D eigenvalue weighted by molar-refractivity contribution is 0.540. The molecule has 12 heavy (non-hydrogen) atoms. The van der Waals surface area contributed by atoms with Crippen molar-refractivity contribution in [2.45, 2.75) is 6.92 Å². The highest BCUT2D eigenvalue weighted by atomic mass is 16.5. The molecule has 0 aliphatic heterocycles. The average Bonchev–Trinajstić information content (AvgIpc) is 2.04. The molecule has 0 heterocycles. The summed E-state index contributed by atoms with van der Waals surface area (Å²) in [5.41, 5.74) is 0.907. The number of para-hydroxylation sites is 1. The molecule has 0 amide bonds. The molecule has 0 radical (unpaired) electrons. The van der Waals surface area contributed by atoms with Gasteiger partial charge < -0.3 is 4.74 Å². The van der Waals surface area contributed by atoms with Gasteiger partial charge in [0.15, 0.2) is 5.90 Å². The molecule has 2 heteroatoms. The third kappa shape index (κ3) is 1.95. The van der Waals surface area contributed by atoms with E-state index in [-0.39, 0.29) is 5.90 Å². The van der Waals surface area contributed by atoms with Crippen LogP contribution in [0.1, 0.15) is 12.5 Å². The zero-order valence-electron chi connectivity index (χ0n) is 7.00. The number of hydrogen-bond donors (Lipinski definition) is 1. The Balaban J connectivity index is 2.96. The maximum Gasteiger partial charge on any atom is 0.184 e. The van der Waals surface area contributed by atoms with Gasteiger partial charge in [-0.15, -0.1) is 0 Å². The number of benzene rings is 1. The van der Waals surface area contributed by atoms with E-state index >= 15 is 0 Å². The summed E-state index contributed by atoms with van der Waals surface area (Å²) in [6, 6.07) is 7.48. The first-order chi connectivity index (χ1) is 5.74. The number of nitrogens with one attached hydrogen (secondary N) is 1. The smallest absolute Gasteiger partial charge is 0.184 e. The van der Waals surface area contributed by atoms with Crippen LogP contribution in [0.5, 0.6) is 5.75 Å². The first-order valence-corrected chi connectivity index (χ1v) is 3.68. The Bertz CT molecular complexity index is 304. The molecular formula is C10H11NO. The summed E-state index contributed by atoms with van der Waals surface area (Å²) < 4.78 is 5.15. The summed E-state index contributed by atoms with van der Waals surface area (Å²) in [5.74, 6) is 0.865.